The van der Waals surface area contributed by atoms with Gasteiger partial charge in [0.1, 0.15) is 36.2 Å². The highest BCUT2D eigenvalue weighted by Crippen LogP contribution is 2.31. The van der Waals surface area contributed by atoms with Crippen molar-refractivity contribution in [2.75, 3.05) is 12.3 Å². The minimum Gasteiger partial charge on any atom is -0.387 e. The number of nitrogens with two attached hydrogens (primary N) is 1. The number of nitrogens with one attached hydrogen (secondary N) is 3. The Labute approximate surface area is 175 Å². The van der Waals surface area contributed by atoms with Crippen LogP contribution in [0.1, 0.15) is 19.1 Å². The van der Waals surface area contributed by atoms with Crippen LogP contribution in [0.2, 0.25) is 0 Å². The summed E-state index contributed by atoms with van der Waals surface area (Å²) in [6, 6.07) is -0.937. The standard InChI is InChI=1S/C15H20N8O7S/c16-12-9-13(18-4-17-12)23(5-19-9)15-11(26)10(25)7(30-15)3-20-31(28,29)22-14(27)6-1-2-8(24)21-6/h4-7,10-11,15,20,25-26H,1-3H2,(H,21,24)(H,22,27)(H2,16,17,18)/t6-,7-,10?,11+,15-/m1/s1. The SMILES string of the molecule is Nc1ncnc2c1ncn2[C@@H]1O[C@H](CNS(=O)(=O)NC(=O)[C@H]2CCC(=O)N2)C(O)[C@@H]1O. The number of nitrogen functional groups attached to an aromatic ring is 1. The lowest BCUT2D eigenvalue weighted by Gasteiger charge is -2.17. The van der Waals surface area contributed by atoms with Crippen molar-refractivity contribution in [2.45, 2.75) is 43.4 Å². The van der Waals surface area contributed by atoms with Crippen LogP contribution in [-0.2, 0) is 24.5 Å². The molecule has 1 unspecified atom stereocenters. The van der Waals surface area contributed by atoms with E-state index in [1.54, 1.807) is 4.72 Å². The Bertz CT molecular complexity index is 1120. The lowest BCUT2D eigenvalue weighted by Crippen LogP contribution is -2.50. The molecule has 4 rings (SSSR count). The molecule has 4 heterocycles. The second-order valence-electron chi connectivity index (χ2n) is 7.11. The van der Waals surface area contributed by atoms with Crippen molar-refractivity contribution in [3.05, 3.63) is 12.7 Å². The molecule has 2 saturated heterocycles. The molecule has 31 heavy (non-hydrogen) atoms. The predicted molar refractivity (Wildman–Crippen MR) is 102 cm³/mol. The Balaban J connectivity index is 1.40. The van der Waals surface area contributed by atoms with Crippen LogP contribution >= 0.6 is 0 Å². The number of nitrogens with zero attached hydrogens (tertiary/aromatic N) is 4. The van der Waals surface area contributed by atoms with Gasteiger partial charge in [0.15, 0.2) is 17.7 Å². The van der Waals surface area contributed by atoms with Gasteiger partial charge in [0.05, 0.1) is 6.33 Å². The summed E-state index contributed by atoms with van der Waals surface area (Å²) >= 11 is 0. The third-order valence-electron chi connectivity index (χ3n) is 5.02. The van der Waals surface area contributed by atoms with Crippen LogP contribution in [-0.4, -0.2) is 80.9 Å². The molecular formula is C15H20N8O7S. The molecular weight excluding hydrogens is 436 g/mol. The second kappa shape index (κ2) is 7.97. The van der Waals surface area contributed by atoms with Crippen molar-refractivity contribution in [2.24, 2.45) is 0 Å². The largest absolute Gasteiger partial charge is 0.387 e. The van der Waals surface area contributed by atoms with Gasteiger partial charge in [0.2, 0.25) is 5.91 Å². The maximum Gasteiger partial charge on any atom is 0.301 e. The van der Waals surface area contributed by atoms with E-state index >= 15 is 0 Å². The molecule has 7 N–H and O–H groups in total. The number of carbonyl (C=O) groups is 2. The topological polar surface area (TPSA) is 224 Å². The molecule has 2 aromatic rings. The molecule has 0 radical (unpaired) electrons. The Morgan fingerprint density at radius 3 is 2.81 bits per heavy atom. The van der Waals surface area contributed by atoms with Crippen LogP contribution in [0.5, 0.6) is 0 Å². The zero-order chi connectivity index (χ0) is 22.3. The molecule has 168 valence electrons. The monoisotopic (exact) mass is 456 g/mol. The van der Waals surface area contributed by atoms with E-state index in [2.05, 4.69) is 25.0 Å². The lowest BCUT2D eigenvalue weighted by molar-refractivity contribution is -0.124. The Morgan fingerprint density at radius 1 is 1.32 bits per heavy atom. The van der Waals surface area contributed by atoms with Crippen molar-refractivity contribution in [1.82, 2.24) is 34.3 Å². The van der Waals surface area contributed by atoms with Gasteiger partial charge in [0.25, 0.3) is 5.91 Å². The molecule has 0 saturated carbocycles. The average Bonchev–Trinajstić information content (AvgIpc) is 3.40. The first-order valence-electron chi connectivity index (χ1n) is 9.21. The number of hydrogen-bond acceptors (Lipinski definition) is 11. The highest BCUT2D eigenvalue weighted by Gasteiger charge is 2.44. The van der Waals surface area contributed by atoms with E-state index in [4.69, 9.17) is 10.5 Å². The number of aliphatic hydroxyl groups is 2. The van der Waals surface area contributed by atoms with Crippen LogP contribution in [0.4, 0.5) is 5.82 Å². The molecule has 0 bridgehead atoms. The molecule has 0 spiro atoms. The fraction of sp³-hybridized carbons (Fsp3) is 0.533. The normalized spacial score (nSPS) is 28.7. The molecule has 2 aliphatic heterocycles. The highest BCUT2D eigenvalue weighted by molar-refractivity contribution is 7.88. The summed E-state index contributed by atoms with van der Waals surface area (Å²) in [6.07, 6.45) is -2.31. The number of carbonyl (C=O) groups excluding carboxylic acids is 2. The molecule has 15 nitrogen and oxygen atoms in total. The van der Waals surface area contributed by atoms with Gasteiger partial charge in [-0.15, -0.1) is 0 Å². The molecule has 2 amide bonds. The predicted octanol–water partition coefficient (Wildman–Crippen LogP) is -3.74. The molecule has 2 aromatic heterocycles. The lowest BCUT2D eigenvalue weighted by atomic mass is 10.1. The van der Waals surface area contributed by atoms with E-state index in [0.29, 0.717) is 0 Å². The number of fused-ring (bicyclic) bond motifs is 1. The van der Waals surface area contributed by atoms with Crippen LogP contribution in [0.15, 0.2) is 12.7 Å². The summed E-state index contributed by atoms with van der Waals surface area (Å²) in [7, 11) is -4.31. The zero-order valence-electron chi connectivity index (χ0n) is 15.9. The van der Waals surface area contributed by atoms with Crippen LogP contribution in [0.3, 0.4) is 0 Å². The van der Waals surface area contributed by atoms with Crippen molar-refractivity contribution < 1.29 is 33.0 Å². The van der Waals surface area contributed by atoms with Gasteiger partial charge in [-0.3, -0.25) is 14.2 Å². The van der Waals surface area contributed by atoms with E-state index in [9.17, 15) is 28.2 Å². The first-order chi connectivity index (χ1) is 14.7. The number of rotatable bonds is 6. The first kappa shape index (κ1) is 21.3. The molecule has 0 aliphatic carbocycles. The number of anilines is 1. The van der Waals surface area contributed by atoms with Gasteiger partial charge in [-0.2, -0.15) is 13.1 Å². The van der Waals surface area contributed by atoms with Gasteiger partial charge in [-0.05, 0) is 6.42 Å². The summed E-state index contributed by atoms with van der Waals surface area (Å²) < 4.78 is 35.1. The van der Waals surface area contributed by atoms with Crippen LogP contribution < -0.4 is 20.5 Å². The van der Waals surface area contributed by atoms with Gasteiger partial charge >= 0.3 is 10.2 Å². The number of amides is 2. The molecule has 2 fully saturated rings. The summed E-state index contributed by atoms with van der Waals surface area (Å²) in [5.41, 5.74) is 6.27. The second-order valence-corrected chi connectivity index (χ2v) is 8.61. The van der Waals surface area contributed by atoms with Gasteiger partial charge in [0, 0.05) is 13.0 Å². The molecule has 2 aliphatic rings. The molecule has 16 heteroatoms. The van der Waals surface area contributed by atoms with Crippen molar-refractivity contribution >= 4 is 39.0 Å². The van der Waals surface area contributed by atoms with E-state index in [1.165, 1.54) is 17.2 Å². The Hall–Kier alpha value is -2.92. The Kier molecular flexibility index (Phi) is 5.48. The van der Waals surface area contributed by atoms with Crippen LogP contribution in [0, 0.1) is 0 Å². The van der Waals surface area contributed by atoms with E-state index < -0.39 is 53.2 Å². The van der Waals surface area contributed by atoms with E-state index in [1.807, 2.05) is 0 Å². The molecule has 5 atom stereocenters. The number of ether oxygens (including phenoxy) is 1. The number of imidazole rings is 1. The minimum atomic E-state index is -4.31. The summed E-state index contributed by atoms with van der Waals surface area (Å²) in [5, 5.41) is 23.0. The third kappa shape index (κ3) is 4.15. The number of aliphatic hydroxyl groups excluding tert-OH is 2. The Morgan fingerprint density at radius 2 is 2.10 bits per heavy atom. The van der Waals surface area contributed by atoms with E-state index in [0.717, 1.165) is 0 Å². The van der Waals surface area contributed by atoms with Gasteiger partial charge in [-0.25, -0.2) is 19.7 Å². The number of hydrogen-bond donors (Lipinski definition) is 6. The zero-order valence-corrected chi connectivity index (χ0v) is 16.7. The van der Waals surface area contributed by atoms with Crippen molar-refractivity contribution in [3.63, 3.8) is 0 Å². The summed E-state index contributed by atoms with van der Waals surface area (Å²) in [5.74, 6) is -1.10. The van der Waals surface area contributed by atoms with E-state index in [-0.39, 0.29) is 35.7 Å². The molecule has 0 aromatic carbocycles. The first-order valence-corrected chi connectivity index (χ1v) is 10.7. The third-order valence-corrected chi connectivity index (χ3v) is 6.04. The average molecular weight is 456 g/mol. The quantitative estimate of drug-likeness (QED) is 0.248. The van der Waals surface area contributed by atoms with Gasteiger partial charge < -0.3 is 26.0 Å². The fourth-order valence-corrected chi connectivity index (χ4v) is 4.29. The van der Waals surface area contributed by atoms with Gasteiger partial charge in [-0.1, -0.05) is 0 Å². The number of aromatic nitrogens is 4. The summed E-state index contributed by atoms with van der Waals surface area (Å²) in [6.45, 7) is -0.446. The van der Waals surface area contributed by atoms with Crippen molar-refractivity contribution in [1.29, 1.82) is 0 Å². The summed E-state index contributed by atoms with van der Waals surface area (Å²) in [4.78, 5) is 35.1. The maximum absolute atomic E-state index is 12.1. The van der Waals surface area contributed by atoms with Crippen molar-refractivity contribution in [3.8, 4) is 0 Å². The highest BCUT2D eigenvalue weighted by atomic mass is 32.2. The smallest absolute Gasteiger partial charge is 0.301 e. The maximum atomic E-state index is 12.1. The van der Waals surface area contributed by atoms with Crippen LogP contribution in [0.25, 0.3) is 11.2 Å². The minimum absolute atomic E-state index is 0.121. The fourth-order valence-electron chi connectivity index (χ4n) is 3.43.